The molecular formula is C24H31F3N4O3. The molecule has 186 valence electrons. The van der Waals surface area contributed by atoms with Gasteiger partial charge in [-0.3, -0.25) is 4.79 Å². The highest BCUT2D eigenvalue weighted by Gasteiger charge is 2.42. The minimum absolute atomic E-state index is 0.0251. The van der Waals surface area contributed by atoms with Crippen LogP contribution in [0.1, 0.15) is 67.8 Å². The Morgan fingerprint density at radius 2 is 2.03 bits per heavy atom. The predicted octanol–water partition coefficient (Wildman–Crippen LogP) is 3.69. The van der Waals surface area contributed by atoms with Gasteiger partial charge in [0.2, 0.25) is 5.91 Å². The van der Waals surface area contributed by atoms with Crippen LogP contribution in [0.2, 0.25) is 0 Å². The first kappa shape index (κ1) is 24.7. The van der Waals surface area contributed by atoms with Gasteiger partial charge in [-0.1, -0.05) is 0 Å². The molecule has 0 aromatic carbocycles. The molecule has 1 aromatic rings. The highest BCUT2D eigenvalue weighted by molar-refractivity contribution is 5.77. The number of hydrogen-bond acceptors (Lipinski definition) is 6. The van der Waals surface area contributed by atoms with Gasteiger partial charge in [-0.25, -0.2) is 4.98 Å². The first-order valence-corrected chi connectivity index (χ1v) is 11.7. The number of aromatic nitrogens is 1. The highest BCUT2D eigenvalue weighted by Crippen LogP contribution is 2.46. The number of alkyl halides is 3. The van der Waals surface area contributed by atoms with Crippen molar-refractivity contribution in [1.29, 1.82) is 5.26 Å². The second kappa shape index (κ2) is 9.34. The molecule has 0 spiro atoms. The van der Waals surface area contributed by atoms with E-state index in [-0.39, 0.29) is 32.0 Å². The van der Waals surface area contributed by atoms with E-state index in [0.717, 1.165) is 29.7 Å². The van der Waals surface area contributed by atoms with Gasteiger partial charge in [-0.15, -0.1) is 0 Å². The van der Waals surface area contributed by atoms with Crippen LogP contribution in [0.5, 0.6) is 0 Å². The Balaban J connectivity index is 1.69. The van der Waals surface area contributed by atoms with Crippen LogP contribution in [0.4, 0.5) is 19.0 Å². The standard InChI is InChI=1S/C24H31F3N4O3/c1-23(2)11-17-18(12-28)22(29-21(15-4-5-15)19(17)14-34-23)30-7-8-31(20(32)6-9-33-3)16(13-30)10-24(25,26)27/h15-16H,4-11,13-14H2,1-3H3. The quantitative estimate of drug-likeness (QED) is 0.618. The highest BCUT2D eigenvalue weighted by atomic mass is 19.4. The van der Waals surface area contributed by atoms with E-state index in [4.69, 9.17) is 14.5 Å². The van der Waals surface area contributed by atoms with Crippen molar-refractivity contribution < 1.29 is 27.4 Å². The third-order valence-corrected chi connectivity index (χ3v) is 6.80. The molecule has 1 saturated carbocycles. The van der Waals surface area contributed by atoms with Crippen LogP contribution in [0.3, 0.4) is 0 Å². The van der Waals surface area contributed by atoms with Crippen molar-refractivity contribution in [2.75, 3.05) is 38.3 Å². The van der Waals surface area contributed by atoms with E-state index in [9.17, 15) is 23.2 Å². The molecule has 0 N–H and O–H groups in total. The lowest BCUT2D eigenvalue weighted by molar-refractivity contribution is -0.155. The molecule has 1 aliphatic carbocycles. The van der Waals surface area contributed by atoms with E-state index < -0.39 is 24.2 Å². The average Bonchev–Trinajstić information content (AvgIpc) is 3.59. The van der Waals surface area contributed by atoms with E-state index in [0.29, 0.717) is 36.9 Å². The molecule has 4 rings (SSSR count). The zero-order chi connectivity index (χ0) is 24.7. The molecule has 1 saturated heterocycles. The van der Waals surface area contributed by atoms with Crippen LogP contribution in [0, 0.1) is 11.3 Å². The number of piperazine rings is 1. The minimum atomic E-state index is -4.42. The van der Waals surface area contributed by atoms with Crippen LogP contribution in [0.25, 0.3) is 0 Å². The number of nitriles is 1. The number of methoxy groups -OCH3 is 1. The number of amides is 1. The van der Waals surface area contributed by atoms with E-state index in [1.165, 1.54) is 12.0 Å². The molecule has 3 heterocycles. The lowest BCUT2D eigenvalue weighted by Crippen LogP contribution is -2.57. The monoisotopic (exact) mass is 480 g/mol. The Labute approximate surface area is 197 Å². The van der Waals surface area contributed by atoms with Gasteiger partial charge in [-0.2, -0.15) is 18.4 Å². The maximum Gasteiger partial charge on any atom is 0.391 e. The number of carbonyl (C=O) groups excluding carboxylic acids is 1. The summed E-state index contributed by atoms with van der Waals surface area (Å²) < 4.78 is 51.2. The van der Waals surface area contributed by atoms with E-state index >= 15 is 0 Å². The number of rotatable bonds is 6. The Morgan fingerprint density at radius 1 is 1.29 bits per heavy atom. The van der Waals surface area contributed by atoms with Gasteiger partial charge in [-0.05, 0) is 32.3 Å². The molecule has 1 atom stereocenters. The molecule has 3 aliphatic rings. The van der Waals surface area contributed by atoms with Gasteiger partial charge in [0.05, 0.1) is 49.0 Å². The maximum atomic E-state index is 13.4. The Morgan fingerprint density at radius 3 is 2.65 bits per heavy atom. The number of nitrogens with zero attached hydrogens (tertiary/aromatic N) is 4. The lowest BCUT2D eigenvalue weighted by Gasteiger charge is -2.43. The largest absolute Gasteiger partial charge is 0.391 e. The number of carbonyl (C=O) groups is 1. The third-order valence-electron chi connectivity index (χ3n) is 6.80. The van der Waals surface area contributed by atoms with Crippen molar-refractivity contribution in [3.05, 3.63) is 22.4 Å². The summed E-state index contributed by atoms with van der Waals surface area (Å²) in [7, 11) is 1.45. The number of ether oxygens (including phenoxy) is 2. The number of halogens is 3. The molecule has 1 amide bonds. The van der Waals surface area contributed by atoms with Gasteiger partial charge in [0.15, 0.2) is 0 Å². The maximum absolute atomic E-state index is 13.4. The topological polar surface area (TPSA) is 78.7 Å². The second-order valence-electron chi connectivity index (χ2n) is 10.0. The van der Waals surface area contributed by atoms with Crippen molar-refractivity contribution in [3.8, 4) is 6.07 Å². The molecule has 0 bridgehead atoms. The van der Waals surface area contributed by atoms with Gasteiger partial charge in [0, 0.05) is 44.6 Å². The molecular weight excluding hydrogens is 449 g/mol. The van der Waals surface area contributed by atoms with Crippen molar-refractivity contribution in [1.82, 2.24) is 9.88 Å². The van der Waals surface area contributed by atoms with E-state index in [2.05, 4.69) is 6.07 Å². The molecule has 34 heavy (non-hydrogen) atoms. The second-order valence-corrected chi connectivity index (χ2v) is 10.0. The van der Waals surface area contributed by atoms with Crippen LogP contribution < -0.4 is 4.90 Å². The summed E-state index contributed by atoms with van der Waals surface area (Å²) in [6, 6.07) is 1.24. The van der Waals surface area contributed by atoms with Crippen molar-refractivity contribution in [2.45, 2.75) is 76.3 Å². The van der Waals surface area contributed by atoms with Crippen molar-refractivity contribution in [3.63, 3.8) is 0 Å². The fourth-order valence-corrected chi connectivity index (χ4v) is 4.97. The molecule has 7 nitrogen and oxygen atoms in total. The summed E-state index contributed by atoms with van der Waals surface area (Å²) in [6.07, 6.45) is -2.94. The Bertz CT molecular complexity index is 985. The first-order valence-electron chi connectivity index (χ1n) is 11.7. The Hall–Kier alpha value is -2.38. The molecule has 0 radical (unpaired) electrons. The fourth-order valence-electron chi connectivity index (χ4n) is 4.97. The summed E-state index contributed by atoms with van der Waals surface area (Å²) >= 11 is 0. The average molecular weight is 481 g/mol. The van der Waals surface area contributed by atoms with Crippen LogP contribution >= 0.6 is 0 Å². The summed E-state index contributed by atoms with van der Waals surface area (Å²) in [6.45, 7) is 4.91. The number of anilines is 1. The number of fused-ring (bicyclic) bond motifs is 1. The van der Waals surface area contributed by atoms with Gasteiger partial charge < -0.3 is 19.3 Å². The minimum Gasteiger partial charge on any atom is -0.384 e. The van der Waals surface area contributed by atoms with Crippen molar-refractivity contribution >= 4 is 11.7 Å². The van der Waals surface area contributed by atoms with Crippen LogP contribution in [-0.4, -0.2) is 67.0 Å². The van der Waals surface area contributed by atoms with E-state index in [1.807, 2.05) is 13.8 Å². The summed E-state index contributed by atoms with van der Waals surface area (Å²) in [5.74, 6) is 0.386. The normalized spacial score (nSPS) is 22.3. The van der Waals surface area contributed by atoms with Gasteiger partial charge in [0.25, 0.3) is 0 Å². The number of hydrogen-bond donors (Lipinski definition) is 0. The zero-order valence-corrected chi connectivity index (χ0v) is 19.9. The first-order chi connectivity index (χ1) is 16.0. The summed E-state index contributed by atoms with van der Waals surface area (Å²) in [4.78, 5) is 20.6. The lowest BCUT2D eigenvalue weighted by atomic mass is 9.87. The van der Waals surface area contributed by atoms with Crippen LogP contribution in [0.15, 0.2) is 0 Å². The summed E-state index contributed by atoms with van der Waals surface area (Å²) in [5, 5.41) is 10.1. The van der Waals surface area contributed by atoms with E-state index in [1.54, 1.807) is 4.90 Å². The number of pyridine rings is 1. The SMILES string of the molecule is COCCC(=O)N1CCN(c2nc(C3CC3)c3c(c2C#N)CC(C)(C)OC3)CC1CC(F)(F)F. The zero-order valence-electron chi connectivity index (χ0n) is 19.9. The van der Waals surface area contributed by atoms with Gasteiger partial charge in [0.1, 0.15) is 11.9 Å². The molecule has 2 aliphatic heterocycles. The van der Waals surface area contributed by atoms with Crippen LogP contribution in [-0.2, 0) is 27.3 Å². The predicted molar refractivity (Wildman–Crippen MR) is 118 cm³/mol. The smallest absolute Gasteiger partial charge is 0.384 e. The third kappa shape index (κ3) is 5.31. The Kier molecular flexibility index (Phi) is 6.80. The molecule has 10 heteroatoms. The molecule has 1 unspecified atom stereocenters. The van der Waals surface area contributed by atoms with Crippen molar-refractivity contribution in [2.24, 2.45) is 0 Å². The summed E-state index contributed by atoms with van der Waals surface area (Å²) in [5.41, 5.74) is 2.74. The molecule has 2 fully saturated rings. The van der Waals surface area contributed by atoms with Gasteiger partial charge >= 0.3 is 6.18 Å². The molecule has 1 aromatic heterocycles. The fraction of sp³-hybridized carbons (Fsp3) is 0.708.